The molecule has 2 heterocycles. The van der Waals surface area contributed by atoms with Crippen LogP contribution in [0.15, 0.2) is 12.3 Å². The first-order chi connectivity index (χ1) is 9.65. The molecule has 0 bridgehead atoms. The van der Waals surface area contributed by atoms with E-state index >= 15 is 0 Å². The zero-order valence-corrected chi connectivity index (χ0v) is 12.6. The molecule has 2 N–H and O–H groups in total. The van der Waals surface area contributed by atoms with Crippen LogP contribution >= 0.6 is 0 Å². The van der Waals surface area contributed by atoms with Gasteiger partial charge in [-0.25, -0.2) is 9.97 Å². The summed E-state index contributed by atoms with van der Waals surface area (Å²) in [7, 11) is 3.82. The molecule has 2 aromatic heterocycles. The predicted octanol–water partition coefficient (Wildman–Crippen LogP) is 2.12. The highest BCUT2D eigenvalue weighted by molar-refractivity contribution is 5.57. The molecule has 0 spiro atoms. The van der Waals surface area contributed by atoms with Crippen molar-refractivity contribution in [2.24, 2.45) is 7.05 Å². The summed E-state index contributed by atoms with van der Waals surface area (Å²) in [5.41, 5.74) is 2.15. The highest BCUT2D eigenvalue weighted by Gasteiger charge is 2.10. The van der Waals surface area contributed by atoms with Crippen LogP contribution in [0.1, 0.15) is 30.4 Å². The van der Waals surface area contributed by atoms with Gasteiger partial charge in [0.05, 0.1) is 12.2 Å². The Bertz CT molecular complexity index is 575. The summed E-state index contributed by atoms with van der Waals surface area (Å²) in [6.45, 7) is 4.85. The summed E-state index contributed by atoms with van der Waals surface area (Å²) in [4.78, 5) is 9.13. The largest absolute Gasteiger partial charge is 0.373 e. The number of hydrogen-bond donors (Lipinski definition) is 2. The highest BCUT2D eigenvalue weighted by Crippen LogP contribution is 2.20. The second-order valence-electron chi connectivity index (χ2n) is 4.76. The minimum absolute atomic E-state index is 0.697. The Kier molecular flexibility index (Phi) is 4.55. The Hall–Kier alpha value is -2.11. The SMILES string of the molecule is CCCc1nc(NC)c(C)c(NCc2ccnn2C)n1. The normalized spacial score (nSPS) is 10.6. The lowest BCUT2D eigenvalue weighted by molar-refractivity contribution is 0.719. The van der Waals surface area contributed by atoms with Crippen molar-refractivity contribution >= 4 is 11.6 Å². The summed E-state index contributed by atoms with van der Waals surface area (Å²) in [6.07, 6.45) is 3.72. The van der Waals surface area contributed by atoms with E-state index in [2.05, 4.69) is 32.6 Å². The second kappa shape index (κ2) is 6.36. The van der Waals surface area contributed by atoms with Gasteiger partial charge >= 0.3 is 0 Å². The van der Waals surface area contributed by atoms with Crippen molar-refractivity contribution in [2.75, 3.05) is 17.7 Å². The minimum Gasteiger partial charge on any atom is -0.373 e. The predicted molar refractivity (Wildman–Crippen MR) is 80.8 cm³/mol. The smallest absolute Gasteiger partial charge is 0.135 e. The van der Waals surface area contributed by atoms with Crippen LogP contribution in [0.4, 0.5) is 11.6 Å². The summed E-state index contributed by atoms with van der Waals surface area (Å²) < 4.78 is 1.86. The highest BCUT2D eigenvalue weighted by atomic mass is 15.3. The molecule has 6 heteroatoms. The number of rotatable bonds is 6. The molecule has 0 aromatic carbocycles. The van der Waals surface area contributed by atoms with Gasteiger partial charge in [0.25, 0.3) is 0 Å². The zero-order valence-electron chi connectivity index (χ0n) is 12.6. The fourth-order valence-corrected chi connectivity index (χ4v) is 2.06. The molecule has 2 aromatic rings. The van der Waals surface area contributed by atoms with Gasteiger partial charge in [-0.05, 0) is 19.4 Å². The first kappa shape index (κ1) is 14.3. The Balaban J connectivity index is 2.21. The van der Waals surface area contributed by atoms with Crippen molar-refractivity contribution in [3.8, 4) is 0 Å². The Morgan fingerprint density at radius 1 is 1.25 bits per heavy atom. The van der Waals surface area contributed by atoms with Crippen LogP contribution in [-0.4, -0.2) is 26.8 Å². The van der Waals surface area contributed by atoms with Gasteiger partial charge in [0.1, 0.15) is 17.5 Å². The van der Waals surface area contributed by atoms with E-state index in [1.54, 1.807) is 6.20 Å². The maximum absolute atomic E-state index is 4.61. The van der Waals surface area contributed by atoms with Crippen LogP contribution in [0.5, 0.6) is 0 Å². The lowest BCUT2D eigenvalue weighted by Gasteiger charge is -2.13. The number of hydrogen-bond acceptors (Lipinski definition) is 5. The van der Waals surface area contributed by atoms with Crippen LogP contribution in [0.2, 0.25) is 0 Å². The van der Waals surface area contributed by atoms with Gasteiger partial charge in [0.2, 0.25) is 0 Å². The van der Waals surface area contributed by atoms with E-state index < -0.39 is 0 Å². The molecule has 0 aliphatic rings. The van der Waals surface area contributed by atoms with Gasteiger partial charge in [-0.15, -0.1) is 0 Å². The first-order valence-corrected chi connectivity index (χ1v) is 6.91. The number of nitrogens with one attached hydrogen (secondary N) is 2. The summed E-state index contributed by atoms with van der Waals surface area (Å²) in [5, 5.41) is 10.7. The molecule has 0 aliphatic heterocycles. The number of aromatic nitrogens is 4. The van der Waals surface area contributed by atoms with E-state index in [1.165, 1.54) is 0 Å². The average molecular weight is 274 g/mol. The van der Waals surface area contributed by atoms with Gasteiger partial charge < -0.3 is 10.6 Å². The van der Waals surface area contributed by atoms with Crippen molar-refractivity contribution < 1.29 is 0 Å². The fourth-order valence-electron chi connectivity index (χ4n) is 2.06. The van der Waals surface area contributed by atoms with Gasteiger partial charge in [-0.1, -0.05) is 6.92 Å². The molecular formula is C14H22N6. The average Bonchev–Trinajstić information content (AvgIpc) is 2.84. The van der Waals surface area contributed by atoms with Crippen LogP contribution in [-0.2, 0) is 20.0 Å². The van der Waals surface area contributed by atoms with Crippen molar-refractivity contribution in [1.29, 1.82) is 0 Å². The van der Waals surface area contributed by atoms with Crippen LogP contribution < -0.4 is 10.6 Å². The van der Waals surface area contributed by atoms with E-state index in [0.717, 1.165) is 41.6 Å². The monoisotopic (exact) mass is 274 g/mol. The molecule has 108 valence electrons. The molecule has 0 atom stereocenters. The lowest BCUT2D eigenvalue weighted by atomic mass is 10.2. The fraction of sp³-hybridized carbons (Fsp3) is 0.500. The Morgan fingerprint density at radius 3 is 2.60 bits per heavy atom. The quantitative estimate of drug-likeness (QED) is 0.844. The molecule has 0 fully saturated rings. The van der Waals surface area contributed by atoms with Crippen LogP contribution in [0.3, 0.4) is 0 Å². The van der Waals surface area contributed by atoms with Gasteiger partial charge in [0.15, 0.2) is 0 Å². The molecule has 20 heavy (non-hydrogen) atoms. The topological polar surface area (TPSA) is 67.7 Å². The van der Waals surface area contributed by atoms with Crippen molar-refractivity contribution in [3.63, 3.8) is 0 Å². The molecule has 6 nitrogen and oxygen atoms in total. The molecule has 0 radical (unpaired) electrons. The number of nitrogens with zero attached hydrogens (tertiary/aromatic N) is 4. The third-order valence-corrected chi connectivity index (χ3v) is 3.26. The molecule has 0 aliphatic carbocycles. The Labute approximate surface area is 119 Å². The summed E-state index contributed by atoms with van der Waals surface area (Å²) >= 11 is 0. The van der Waals surface area contributed by atoms with Crippen molar-refractivity contribution in [2.45, 2.75) is 33.2 Å². The number of anilines is 2. The van der Waals surface area contributed by atoms with Crippen molar-refractivity contribution in [3.05, 3.63) is 29.3 Å². The molecule has 0 saturated carbocycles. The van der Waals surface area contributed by atoms with Crippen LogP contribution in [0, 0.1) is 6.92 Å². The maximum atomic E-state index is 4.61. The zero-order chi connectivity index (χ0) is 14.5. The maximum Gasteiger partial charge on any atom is 0.135 e. The third-order valence-electron chi connectivity index (χ3n) is 3.26. The van der Waals surface area contributed by atoms with Crippen LogP contribution in [0.25, 0.3) is 0 Å². The molecule has 0 saturated heterocycles. The van der Waals surface area contributed by atoms with Gasteiger partial charge in [0, 0.05) is 32.3 Å². The Morgan fingerprint density at radius 2 is 2.00 bits per heavy atom. The number of aryl methyl sites for hydroxylation is 2. The van der Waals surface area contributed by atoms with E-state index in [9.17, 15) is 0 Å². The van der Waals surface area contributed by atoms with Gasteiger partial charge in [-0.3, -0.25) is 4.68 Å². The summed E-state index contributed by atoms with van der Waals surface area (Å²) in [6, 6.07) is 2.00. The van der Waals surface area contributed by atoms with Gasteiger partial charge in [-0.2, -0.15) is 5.10 Å². The minimum atomic E-state index is 0.697. The van der Waals surface area contributed by atoms with Crippen molar-refractivity contribution in [1.82, 2.24) is 19.7 Å². The van der Waals surface area contributed by atoms with E-state index in [-0.39, 0.29) is 0 Å². The molecular weight excluding hydrogens is 252 g/mol. The molecule has 2 rings (SSSR count). The lowest BCUT2D eigenvalue weighted by Crippen LogP contribution is -2.11. The molecule has 0 amide bonds. The summed E-state index contributed by atoms with van der Waals surface area (Å²) in [5.74, 6) is 2.64. The third kappa shape index (κ3) is 3.07. The molecule has 0 unspecified atom stereocenters. The first-order valence-electron chi connectivity index (χ1n) is 6.91. The standard InChI is InChI=1S/C14H22N6/c1-5-6-12-18-13(15-3)10(2)14(19-12)16-9-11-7-8-17-20(11)4/h7-8H,5-6,9H2,1-4H3,(H2,15,16,18,19). The second-order valence-corrected chi connectivity index (χ2v) is 4.76. The van der Waals surface area contributed by atoms with E-state index in [0.29, 0.717) is 6.54 Å². The van der Waals surface area contributed by atoms with E-state index in [4.69, 9.17) is 0 Å². The van der Waals surface area contributed by atoms with E-state index in [1.807, 2.05) is 31.8 Å².